The van der Waals surface area contributed by atoms with Crippen molar-refractivity contribution in [1.29, 1.82) is 0 Å². The van der Waals surface area contributed by atoms with Crippen molar-refractivity contribution >= 4 is 23.1 Å². The molecular formula is C16H23N3OS. The predicted octanol–water partition coefficient (Wildman–Crippen LogP) is 1.73. The van der Waals surface area contributed by atoms with Crippen LogP contribution in [0.3, 0.4) is 0 Å². The lowest BCUT2D eigenvalue weighted by atomic mass is 9.96. The van der Waals surface area contributed by atoms with Gasteiger partial charge in [0.25, 0.3) is 5.91 Å². The van der Waals surface area contributed by atoms with Crippen LogP contribution in [-0.4, -0.2) is 54.4 Å². The highest BCUT2D eigenvalue weighted by Gasteiger charge is 2.21. The van der Waals surface area contributed by atoms with Crippen molar-refractivity contribution in [2.45, 2.75) is 12.8 Å². The number of hydrogen-bond acceptors (Lipinski definition) is 3. The molecule has 0 radical (unpaired) electrons. The highest BCUT2D eigenvalue weighted by molar-refractivity contribution is 7.80. The van der Waals surface area contributed by atoms with Crippen molar-refractivity contribution < 1.29 is 4.79 Å². The number of amides is 1. The molecule has 1 aromatic rings. The molecule has 0 spiro atoms. The van der Waals surface area contributed by atoms with E-state index in [0.717, 1.165) is 38.0 Å². The quantitative estimate of drug-likeness (QED) is 0.861. The van der Waals surface area contributed by atoms with Gasteiger partial charge in [-0.05, 0) is 51.0 Å². The first kappa shape index (κ1) is 15.9. The maximum atomic E-state index is 12.5. The third kappa shape index (κ3) is 4.25. The van der Waals surface area contributed by atoms with Gasteiger partial charge in [0.2, 0.25) is 0 Å². The summed E-state index contributed by atoms with van der Waals surface area (Å²) in [5.41, 5.74) is 7.01. The molecule has 5 heteroatoms. The lowest BCUT2D eigenvalue weighted by Gasteiger charge is -2.31. The Bertz CT molecular complexity index is 524. The summed E-state index contributed by atoms with van der Waals surface area (Å²) in [4.78, 5) is 17.0. The molecule has 1 amide bonds. The molecule has 1 fully saturated rings. The van der Waals surface area contributed by atoms with E-state index >= 15 is 0 Å². The second kappa shape index (κ2) is 7.00. The summed E-state index contributed by atoms with van der Waals surface area (Å²) >= 11 is 4.96. The van der Waals surface area contributed by atoms with Gasteiger partial charge in [0, 0.05) is 24.7 Å². The fraction of sp³-hybridized carbons (Fsp3) is 0.500. The fourth-order valence-corrected chi connectivity index (χ4v) is 2.87. The number of hydrogen-bond donors (Lipinski definition) is 1. The van der Waals surface area contributed by atoms with E-state index in [2.05, 4.69) is 11.9 Å². The molecule has 1 aliphatic heterocycles. The van der Waals surface area contributed by atoms with Gasteiger partial charge in [-0.3, -0.25) is 4.79 Å². The van der Waals surface area contributed by atoms with Gasteiger partial charge in [0.05, 0.1) is 0 Å². The second-order valence-electron chi connectivity index (χ2n) is 5.88. The summed E-state index contributed by atoms with van der Waals surface area (Å²) in [6, 6.07) is 7.24. The Hall–Kier alpha value is -1.46. The van der Waals surface area contributed by atoms with Crippen LogP contribution in [0.4, 0.5) is 0 Å². The summed E-state index contributed by atoms with van der Waals surface area (Å²) in [6.45, 7) is 3.04. The molecule has 2 rings (SSSR count). The Morgan fingerprint density at radius 2 is 2.00 bits per heavy atom. The number of nitrogens with zero attached hydrogens (tertiary/aromatic N) is 2. The smallest absolute Gasteiger partial charge is 0.253 e. The lowest BCUT2D eigenvalue weighted by Crippen LogP contribution is -2.38. The lowest BCUT2D eigenvalue weighted by molar-refractivity contribution is 0.0747. The molecular weight excluding hydrogens is 282 g/mol. The van der Waals surface area contributed by atoms with E-state index in [1.165, 1.54) is 0 Å². The first-order valence-corrected chi connectivity index (χ1v) is 7.72. The highest BCUT2D eigenvalue weighted by atomic mass is 32.1. The van der Waals surface area contributed by atoms with Gasteiger partial charge in [-0.15, -0.1) is 0 Å². The highest BCUT2D eigenvalue weighted by Crippen LogP contribution is 2.18. The van der Waals surface area contributed by atoms with Crippen LogP contribution in [0.15, 0.2) is 24.3 Å². The van der Waals surface area contributed by atoms with Crippen molar-refractivity contribution in [1.82, 2.24) is 9.80 Å². The number of rotatable bonds is 4. The SMILES string of the molecule is CN1CCC(CN(C)C(=O)c2cccc(C(N)=S)c2)CC1. The van der Waals surface area contributed by atoms with Crippen LogP contribution in [0.25, 0.3) is 0 Å². The molecule has 21 heavy (non-hydrogen) atoms. The summed E-state index contributed by atoms with van der Waals surface area (Å²) in [7, 11) is 4.01. The number of piperidine rings is 1. The summed E-state index contributed by atoms with van der Waals surface area (Å²) in [5.74, 6) is 0.626. The van der Waals surface area contributed by atoms with Crippen LogP contribution in [0.1, 0.15) is 28.8 Å². The normalized spacial score (nSPS) is 16.7. The Kier molecular flexibility index (Phi) is 5.31. The van der Waals surface area contributed by atoms with Crippen LogP contribution >= 0.6 is 12.2 Å². The van der Waals surface area contributed by atoms with Crippen molar-refractivity contribution in [3.63, 3.8) is 0 Å². The van der Waals surface area contributed by atoms with E-state index in [1.54, 1.807) is 6.07 Å². The number of thiocarbonyl (C=S) groups is 1. The van der Waals surface area contributed by atoms with E-state index in [0.29, 0.717) is 16.5 Å². The number of benzene rings is 1. The van der Waals surface area contributed by atoms with Crippen molar-refractivity contribution in [3.8, 4) is 0 Å². The van der Waals surface area contributed by atoms with Crippen molar-refractivity contribution in [2.24, 2.45) is 11.7 Å². The van der Waals surface area contributed by atoms with Crippen LogP contribution in [0.2, 0.25) is 0 Å². The average Bonchev–Trinajstić information content (AvgIpc) is 2.49. The molecule has 0 bridgehead atoms. The van der Waals surface area contributed by atoms with E-state index in [1.807, 2.05) is 30.1 Å². The van der Waals surface area contributed by atoms with Crippen LogP contribution < -0.4 is 5.73 Å². The number of carbonyl (C=O) groups is 1. The Balaban J connectivity index is 1.99. The van der Waals surface area contributed by atoms with Crippen LogP contribution in [0.5, 0.6) is 0 Å². The fourth-order valence-electron chi connectivity index (χ4n) is 2.74. The van der Waals surface area contributed by atoms with Gasteiger partial charge in [0.1, 0.15) is 4.99 Å². The molecule has 4 nitrogen and oxygen atoms in total. The molecule has 0 aliphatic carbocycles. The average molecular weight is 305 g/mol. The van der Waals surface area contributed by atoms with Gasteiger partial charge in [-0.2, -0.15) is 0 Å². The molecule has 0 atom stereocenters. The summed E-state index contributed by atoms with van der Waals surface area (Å²) in [5, 5.41) is 0. The Labute approximate surface area is 131 Å². The molecule has 1 heterocycles. The van der Waals surface area contributed by atoms with Crippen molar-refractivity contribution in [3.05, 3.63) is 35.4 Å². The number of nitrogens with two attached hydrogens (primary N) is 1. The van der Waals surface area contributed by atoms with E-state index in [9.17, 15) is 4.79 Å². The standard InChI is InChI=1S/C16H23N3OS/c1-18-8-6-12(7-9-18)11-19(2)16(20)14-5-3-4-13(10-14)15(17)21/h3-5,10,12H,6-9,11H2,1-2H3,(H2,17,21). The number of carbonyl (C=O) groups excluding carboxylic acids is 1. The van der Waals surface area contributed by atoms with Gasteiger partial charge < -0.3 is 15.5 Å². The van der Waals surface area contributed by atoms with Gasteiger partial charge in [-0.25, -0.2) is 0 Å². The first-order chi connectivity index (χ1) is 9.97. The minimum atomic E-state index is 0.0343. The first-order valence-electron chi connectivity index (χ1n) is 7.31. The Morgan fingerprint density at radius 3 is 2.62 bits per heavy atom. The Morgan fingerprint density at radius 1 is 1.38 bits per heavy atom. The molecule has 1 aliphatic rings. The van der Waals surface area contributed by atoms with Gasteiger partial charge in [0.15, 0.2) is 0 Å². The van der Waals surface area contributed by atoms with Crippen molar-refractivity contribution in [2.75, 3.05) is 33.7 Å². The monoisotopic (exact) mass is 305 g/mol. The zero-order valence-electron chi connectivity index (χ0n) is 12.7. The van der Waals surface area contributed by atoms with E-state index in [4.69, 9.17) is 18.0 Å². The maximum absolute atomic E-state index is 12.5. The summed E-state index contributed by atoms with van der Waals surface area (Å²) in [6.07, 6.45) is 2.31. The molecule has 114 valence electrons. The minimum absolute atomic E-state index is 0.0343. The maximum Gasteiger partial charge on any atom is 0.253 e. The predicted molar refractivity (Wildman–Crippen MR) is 89.5 cm³/mol. The molecule has 0 saturated carbocycles. The molecule has 1 saturated heterocycles. The second-order valence-corrected chi connectivity index (χ2v) is 6.32. The molecule has 1 aromatic carbocycles. The minimum Gasteiger partial charge on any atom is -0.389 e. The number of likely N-dealkylation sites (tertiary alicyclic amines) is 1. The zero-order valence-corrected chi connectivity index (χ0v) is 13.5. The van der Waals surface area contributed by atoms with Crippen LogP contribution in [0, 0.1) is 5.92 Å². The van der Waals surface area contributed by atoms with E-state index < -0.39 is 0 Å². The van der Waals surface area contributed by atoms with Gasteiger partial charge in [-0.1, -0.05) is 24.4 Å². The largest absolute Gasteiger partial charge is 0.389 e. The third-order valence-electron chi connectivity index (χ3n) is 4.11. The molecule has 2 N–H and O–H groups in total. The molecule has 0 aromatic heterocycles. The van der Waals surface area contributed by atoms with Gasteiger partial charge >= 0.3 is 0 Å². The van der Waals surface area contributed by atoms with E-state index in [-0.39, 0.29) is 5.91 Å². The summed E-state index contributed by atoms with van der Waals surface area (Å²) < 4.78 is 0. The third-order valence-corrected chi connectivity index (χ3v) is 4.35. The molecule has 0 unspecified atom stereocenters. The van der Waals surface area contributed by atoms with Crippen LogP contribution in [-0.2, 0) is 0 Å². The zero-order chi connectivity index (χ0) is 15.4. The topological polar surface area (TPSA) is 49.6 Å².